The minimum Gasteiger partial charge on any atom is -0.353 e. The van der Waals surface area contributed by atoms with Crippen LogP contribution in [-0.2, 0) is 4.79 Å². The third-order valence-electron chi connectivity index (χ3n) is 4.56. The van der Waals surface area contributed by atoms with Crippen molar-refractivity contribution in [3.8, 4) is 0 Å². The maximum atomic E-state index is 12.0. The van der Waals surface area contributed by atoms with Gasteiger partial charge in [-0.05, 0) is 57.0 Å². The summed E-state index contributed by atoms with van der Waals surface area (Å²) in [5.41, 5.74) is 0.402. The summed E-state index contributed by atoms with van der Waals surface area (Å²) in [6.45, 7) is 2.21. The van der Waals surface area contributed by atoms with Gasteiger partial charge >= 0.3 is 0 Å². The molecule has 3 nitrogen and oxygen atoms in total. The quantitative estimate of drug-likeness (QED) is 0.712. The first-order valence-electron chi connectivity index (χ1n) is 6.31. The van der Waals surface area contributed by atoms with Gasteiger partial charge in [0, 0.05) is 12.0 Å². The maximum Gasteiger partial charge on any atom is 0.223 e. The van der Waals surface area contributed by atoms with Gasteiger partial charge < -0.3 is 10.6 Å². The fourth-order valence-electron chi connectivity index (χ4n) is 3.05. The first kappa shape index (κ1) is 9.64. The van der Waals surface area contributed by atoms with Gasteiger partial charge in [0.05, 0.1) is 0 Å². The van der Waals surface area contributed by atoms with E-state index in [0.29, 0.717) is 23.3 Å². The number of carbonyl (C=O) groups excluding carboxylic acids is 1. The second-order valence-electron chi connectivity index (χ2n) is 5.51. The van der Waals surface area contributed by atoms with E-state index in [2.05, 4.69) is 10.6 Å². The van der Waals surface area contributed by atoms with Gasteiger partial charge in [0.1, 0.15) is 0 Å². The summed E-state index contributed by atoms with van der Waals surface area (Å²) in [5.74, 6) is 0.696. The average molecular weight is 208 g/mol. The van der Waals surface area contributed by atoms with E-state index in [4.69, 9.17) is 0 Å². The van der Waals surface area contributed by atoms with Crippen molar-refractivity contribution >= 4 is 5.91 Å². The molecule has 2 aliphatic carbocycles. The zero-order valence-electron chi connectivity index (χ0n) is 9.22. The number of nitrogens with one attached hydrogen (secondary N) is 2. The predicted octanol–water partition coefficient (Wildman–Crippen LogP) is 1.04. The Morgan fingerprint density at radius 3 is 2.60 bits per heavy atom. The van der Waals surface area contributed by atoms with Crippen LogP contribution in [0.15, 0.2) is 0 Å². The van der Waals surface area contributed by atoms with Crippen molar-refractivity contribution in [2.75, 3.05) is 13.1 Å². The van der Waals surface area contributed by atoms with Crippen LogP contribution < -0.4 is 10.6 Å². The molecule has 0 bridgehead atoms. The van der Waals surface area contributed by atoms with Gasteiger partial charge in [-0.3, -0.25) is 4.79 Å². The number of carbonyl (C=O) groups is 1. The molecule has 1 spiro atoms. The lowest BCUT2D eigenvalue weighted by Crippen LogP contribution is -2.42. The van der Waals surface area contributed by atoms with Crippen LogP contribution in [0.5, 0.6) is 0 Å². The molecule has 1 atom stereocenters. The summed E-state index contributed by atoms with van der Waals surface area (Å²) in [4.78, 5) is 12.0. The highest BCUT2D eigenvalue weighted by atomic mass is 16.2. The normalized spacial score (nSPS) is 33.5. The number of hydrogen-bond acceptors (Lipinski definition) is 2. The summed E-state index contributed by atoms with van der Waals surface area (Å²) < 4.78 is 0. The molecule has 3 aliphatic rings. The second kappa shape index (κ2) is 3.48. The van der Waals surface area contributed by atoms with Crippen LogP contribution in [0.25, 0.3) is 0 Å². The molecule has 2 N–H and O–H groups in total. The topological polar surface area (TPSA) is 41.1 Å². The Balaban J connectivity index is 1.53. The zero-order chi connectivity index (χ0) is 10.3. The van der Waals surface area contributed by atoms with E-state index in [9.17, 15) is 4.79 Å². The summed E-state index contributed by atoms with van der Waals surface area (Å²) in [6, 6.07) is 0.511. The molecule has 3 rings (SSSR count). The molecule has 84 valence electrons. The van der Waals surface area contributed by atoms with Gasteiger partial charge in [0.2, 0.25) is 5.91 Å². The Morgan fingerprint density at radius 2 is 2.00 bits per heavy atom. The molecule has 0 aromatic rings. The molecule has 0 radical (unpaired) electrons. The Labute approximate surface area is 91.0 Å². The molecule has 15 heavy (non-hydrogen) atoms. The molecule has 1 amide bonds. The average Bonchev–Trinajstić information content (AvgIpc) is 2.87. The molecule has 3 heteroatoms. The summed E-state index contributed by atoms with van der Waals surface area (Å²) in [7, 11) is 0. The molecular weight excluding hydrogens is 188 g/mol. The highest BCUT2D eigenvalue weighted by molar-refractivity contribution is 5.83. The van der Waals surface area contributed by atoms with E-state index < -0.39 is 0 Å². The molecule has 1 unspecified atom stereocenters. The van der Waals surface area contributed by atoms with Crippen molar-refractivity contribution < 1.29 is 4.79 Å². The highest BCUT2D eigenvalue weighted by Gasteiger charge is 2.57. The Kier molecular flexibility index (Phi) is 2.23. The summed E-state index contributed by atoms with van der Waals surface area (Å²) in [5, 5.41) is 6.56. The van der Waals surface area contributed by atoms with E-state index in [1.54, 1.807) is 0 Å². The monoisotopic (exact) mass is 208 g/mol. The maximum absolute atomic E-state index is 12.0. The zero-order valence-corrected chi connectivity index (χ0v) is 9.22. The molecule has 3 fully saturated rings. The van der Waals surface area contributed by atoms with Crippen molar-refractivity contribution in [2.24, 2.45) is 11.3 Å². The van der Waals surface area contributed by atoms with E-state index >= 15 is 0 Å². The standard InChI is InChI=1S/C12H20N2O/c15-11(14-9-2-1-3-9)10-8-12(10)4-6-13-7-5-12/h9-10,13H,1-8H2,(H,14,15). The van der Waals surface area contributed by atoms with Crippen molar-refractivity contribution in [3.05, 3.63) is 0 Å². The van der Waals surface area contributed by atoms with Crippen LogP contribution >= 0.6 is 0 Å². The molecule has 1 heterocycles. The van der Waals surface area contributed by atoms with Gasteiger partial charge in [0.15, 0.2) is 0 Å². The van der Waals surface area contributed by atoms with E-state index in [0.717, 1.165) is 19.5 Å². The second-order valence-corrected chi connectivity index (χ2v) is 5.51. The van der Waals surface area contributed by atoms with Crippen LogP contribution in [0, 0.1) is 11.3 Å². The molecule has 0 aromatic carbocycles. The summed E-state index contributed by atoms with van der Waals surface area (Å²) in [6.07, 6.45) is 7.25. The van der Waals surface area contributed by atoms with Crippen LogP contribution in [0.3, 0.4) is 0 Å². The number of piperidine rings is 1. The van der Waals surface area contributed by atoms with Crippen LogP contribution in [0.2, 0.25) is 0 Å². The number of rotatable bonds is 2. The van der Waals surface area contributed by atoms with Crippen molar-refractivity contribution in [2.45, 2.75) is 44.6 Å². The summed E-state index contributed by atoms with van der Waals surface area (Å²) >= 11 is 0. The molecule has 1 saturated heterocycles. The lowest BCUT2D eigenvalue weighted by atomic mass is 9.90. The van der Waals surface area contributed by atoms with E-state index in [-0.39, 0.29) is 0 Å². The van der Waals surface area contributed by atoms with Gasteiger partial charge in [-0.1, -0.05) is 0 Å². The Hall–Kier alpha value is -0.570. The minimum atomic E-state index is 0.347. The fourth-order valence-corrected chi connectivity index (χ4v) is 3.05. The number of hydrogen-bond donors (Lipinski definition) is 2. The lowest BCUT2D eigenvalue weighted by molar-refractivity contribution is -0.124. The third-order valence-corrected chi connectivity index (χ3v) is 4.56. The van der Waals surface area contributed by atoms with Crippen LogP contribution in [0.4, 0.5) is 0 Å². The Bertz CT molecular complexity index is 267. The molecule has 2 saturated carbocycles. The lowest BCUT2D eigenvalue weighted by Gasteiger charge is -2.28. The largest absolute Gasteiger partial charge is 0.353 e. The minimum absolute atomic E-state index is 0.347. The van der Waals surface area contributed by atoms with E-state index in [1.807, 2.05) is 0 Å². The van der Waals surface area contributed by atoms with Gasteiger partial charge in [0.25, 0.3) is 0 Å². The van der Waals surface area contributed by atoms with Crippen LogP contribution in [0.1, 0.15) is 38.5 Å². The molecule has 0 aromatic heterocycles. The van der Waals surface area contributed by atoms with E-state index in [1.165, 1.54) is 32.1 Å². The van der Waals surface area contributed by atoms with Crippen molar-refractivity contribution in [1.29, 1.82) is 0 Å². The van der Waals surface area contributed by atoms with Gasteiger partial charge in [-0.2, -0.15) is 0 Å². The van der Waals surface area contributed by atoms with Crippen LogP contribution in [-0.4, -0.2) is 25.0 Å². The fraction of sp³-hybridized carbons (Fsp3) is 0.917. The van der Waals surface area contributed by atoms with Crippen molar-refractivity contribution in [1.82, 2.24) is 10.6 Å². The van der Waals surface area contributed by atoms with Crippen molar-refractivity contribution in [3.63, 3.8) is 0 Å². The van der Waals surface area contributed by atoms with Gasteiger partial charge in [-0.15, -0.1) is 0 Å². The van der Waals surface area contributed by atoms with Gasteiger partial charge in [-0.25, -0.2) is 0 Å². The predicted molar refractivity (Wildman–Crippen MR) is 58.4 cm³/mol. The SMILES string of the molecule is O=C(NC1CCC1)C1CC12CCNCC2. The smallest absolute Gasteiger partial charge is 0.223 e. The number of amides is 1. The Morgan fingerprint density at radius 1 is 1.27 bits per heavy atom. The molecule has 1 aliphatic heterocycles. The first-order chi connectivity index (χ1) is 7.30. The highest BCUT2D eigenvalue weighted by Crippen LogP contribution is 2.58. The third kappa shape index (κ3) is 1.67. The first-order valence-corrected chi connectivity index (χ1v) is 6.31. The molecular formula is C12H20N2O.